The second kappa shape index (κ2) is 7.40. The van der Waals surface area contributed by atoms with E-state index in [1.807, 2.05) is 30.3 Å². The van der Waals surface area contributed by atoms with Crippen molar-refractivity contribution in [3.63, 3.8) is 0 Å². The number of benzene rings is 3. The molecule has 0 aliphatic carbocycles. The summed E-state index contributed by atoms with van der Waals surface area (Å²) < 4.78 is 78.0. The summed E-state index contributed by atoms with van der Waals surface area (Å²) in [6.07, 6.45) is 0. The van der Waals surface area contributed by atoms with E-state index in [0.717, 1.165) is 20.4 Å². The van der Waals surface area contributed by atoms with Crippen molar-refractivity contribution in [2.75, 3.05) is 13.7 Å². The molecule has 1 aliphatic heterocycles. The maximum atomic E-state index is 13.5. The van der Waals surface area contributed by atoms with Crippen LogP contribution in [-0.2, 0) is 9.84 Å². The Kier molecular flexibility index (Phi) is 4.89. The van der Waals surface area contributed by atoms with Crippen LogP contribution in [0.1, 0.15) is 10.0 Å². The summed E-state index contributed by atoms with van der Waals surface area (Å²) in [5, 5.41) is 2.39. The average molecular weight is 523 g/mol. The standard InChI is InChI=1S/C23H15F3O4SSe/c1-29-16-9-8-13-10-15(7-6-14(13)11-16)20-18(31(27,28)23(24,25)26)12-30-21-17-4-2-3-5-19(17)32-22(20)21/h2-11H,12H2,1H3. The normalized spacial score (nSPS) is 14.5. The van der Waals surface area contributed by atoms with Gasteiger partial charge in [-0.25, -0.2) is 0 Å². The van der Waals surface area contributed by atoms with Gasteiger partial charge in [-0.15, -0.1) is 0 Å². The van der Waals surface area contributed by atoms with Crippen LogP contribution in [-0.4, -0.2) is 42.1 Å². The number of ether oxygens (including phenoxy) is 2. The first-order valence-corrected chi connectivity index (χ1v) is 12.7. The van der Waals surface area contributed by atoms with Gasteiger partial charge in [0, 0.05) is 0 Å². The Morgan fingerprint density at radius 3 is 2.47 bits per heavy atom. The SMILES string of the molecule is COc1ccc2cc(C3=C(S(=O)(=O)C(F)(F)F)COc4c3[se]c3ccccc43)ccc2c1. The first-order chi connectivity index (χ1) is 15.2. The Labute approximate surface area is 187 Å². The van der Waals surface area contributed by atoms with E-state index in [-0.39, 0.29) is 5.57 Å². The summed E-state index contributed by atoms with van der Waals surface area (Å²) in [4.78, 5) is -0.744. The zero-order valence-corrected chi connectivity index (χ0v) is 19.1. The summed E-state index contributed by atoms with van der Waals surface area (Å²) in [6, 6.07) is 17.9. The van der Waals surface area contributed by atoms with Gasteiger partial charge in [0.15, 0.2) is 0 Å². The molecule has 4 aromatic rings. The van der Waals surface area contributed by atoms with Crippen LogP contribution in [0, 0.1) is 0 Å². The summed E-state index contributed by atoms with van der Waals surface area (Å²) in [7, 11) is -4.03. The van der Waals surface area contributed by atoms with E-state index in [9.17, 15) is 21.6 Å². The van der Waals surface area contributed by atoms with Crippen LogP contribution in [0.4, 0.5) is 13.2 Å². The van der Waals surface area contributed by atoms with Gasteiger partial charge in [0.25, 0.3) is 0 Å². The third-order valence-corrected chi connectivity index (χ3v) is 9.40. The number of methoxy groups -OCH3 is 1. The molecule has 32 heavy (non-hydrogen) atoms. The fourth-order valence-electron chi connectivity index (χ4n) is 3.82. The molecule has 3 aromatic carbocycles. The zero-order valence-electron chi connectivity index (χ0n) is 16.6. The first-order valence-electron chi connectivity index (χ1n) is 9.48. The van der Waals surface area contributed by atoms with Crippen LogP contribution >= 0.6 is 0 Å². The van der Waals surface area contributed by atoms with E-state index in [1.54, 1.807) is 37.4 Å². The van der Waals surface area contributed by atoms with Gasteiger partial charge in [-0.3, -0.25) is 0 Å². The van der Waals surface area contributed by atoms with E-state index in [1.165, 1.54) is 0 Å². The molecular formula is C23H15F3O4SSe. The molecule has 4 nitrogen and oxygen atoms in total. The van der Waals surface area contributed by atoms with Gasteiger partial charge in [0.2, 0.25) is 0 Å². The number of fused-ring (bicyclic) bond motifs is 4. The molecule has 0 atom stereocenters. The monoisotopic (exact) mass is 524 g/mol. The second-order valence-corrected chi connectivity index (χ2v) is 11.4. The van der Waals surface area contributed by atoms with Gasteiger partial charge in [-0.1, -0.05) is 0 Å². The van der Waals surface area contributed by atoms with Gasteiger partial charge >= 0.3 is 188 Å². The number of rotatable bonds is 3. The Bertz CT molecular complexity index is 1520. The van der Waals surface area contributed by atoms with Crippen molar-refractivity contribution in [3.05, 3.63) is 75.6 Å². The Balaban J connectivity index is 1.82. The number of hydrogen-bond acceptors (Lipinski definition) is 4. The summed E-state index contributed by atoms with van der Waals surface area (Å²) in [6.45, 7) is -0.666. The molecule has 0 unspecified atom stereocenters. The molecular weight excluding hydrogens is 508 g/mol. The maximum absolute atomic E-state index is 13.5. The zero-order chi connectivity index (χ0) is 22.7. The second-order valence-electron chi connectivity index (χ2n) is 7.22. The van der Waals surface area contributed by atoms with Crippen molar-refractivity contribution in [1.82, 2.24) is 0 Å². The molecule has 0 amide bonds. The summed E-state index contributed by atoms with van der Waals surface area (Å²) >= 11 is -0.400. The Morgan fingerprint density at radius 2 is 1.72 bits per heavy atom. The summed E-state index contributed by atoms with van der Waals surface area (Å²) in [5.41, 5.74) is -4.91. The molecule has 2 heterocycles. The third-order valence-electron chi connectivity index (χ3n) is 5.37. The van der Waals surface area contributed by atoms with Crippen LogP contribution in [0.2, 0.25) is 0 Å². The van der Waals surface area contributed by atoms with Gasteiger partial charge in [-0.05, 0) is 0 Å². The van der Waals surface area contributed by atoms with E-state index in [2.05, 4.69) is 0 Å². The van der Waals surface area contributed by atoms with Crippen molar-refractivity contribution in [1.29, 1.82) is 0 Å². The molecule has 0 spiro atoms. The number of alkyl halides is 3. The van der Waals surface area contributed by atoms with Crippen LogP contribution in [0.3, 0.4) is 0 Å². The number of halogens is 3. The molecule has 0 N–H and O–H groups in total. The molecule has 9 heteroatoms. The van der Waals surface area contributed by atoms with Gasteiger partial charge < -0.3 is 0 Å². The fourth-order valence-corrected chi connectivity index (χ4v) is 7.55. The molecule has 0 bridgehead atoms. The minimum atomic E-state index is -5.58. The molecule has 5 rings (SSSR count). The predicted molar refractivity (Wildman–Crippen MR) is 118 cm³/mol. The van der Waals surface area contributed by atoms with Crippen molar-refractivity contribution in [3.8, 4) is 11.5 Å². The topological polar surface area (TPSA) is 52.6 Å². The average Bonchev–Trinajstić information content (AvgIpc) is 3.15. The van der Waals surface area contributed by atoms with Gasteiger partial charge in [0.1, 0.15) is 0 Å². The quantitative estimate of drug-likeness (QED) is 0.349. The minimum absolute atomic E-state index is 0.0949. The molecule has 0 saturated heterocycles. The van der Waals surface area contributed by atoms with Gasteiger partial charge in [-0.2, -0.15) is 0 Å². The van der Waals surface area contributed by atoms with Crippen LogP contribution < -0.4 is 9.47 Å². The fraction of sp³-hybridized carbons (Fsp3) is 0.130. The van der Waals surface area contributed by atoms with E-state index in [4.69, 9.17) is 9.47 Å². The summed E-state index contributed by atoms with van der Waals surface area (Å²) in [5.74, 6) is 1.11. The van der Waals surface area contributed by atoms with Crippen molar-refractivity contribution in [2.24, 2.45) is 0 Å². The molecule has 164 valence electrons. The predicted octanol–water partition coefficient (Wildman–Crippen LogP) is 5.15. The van der Waals surface area contributed by atoms with Gasteiger partial charge in [0.05, 0.1) is 0 Å². The van der Waals surface area contributed by atoms with E-state index >= 15 is 0 Å². The van der Waals surface area contributed by atoms with E-state index in [0.29, 0.717) is 21.5 Å². The third kappa shape index (κ3) is 3.23. The van der Waals surface area contributed by atoms with Crippen molar-refractivity contribution < 1.29 is 31.1 Å². The number of hydrogen-bond donors (Lipinski definition) is 0. The van der Waals surface area contributed by atoms with Crippen LogP contribution in [0.25, 0.3) is 26.0 Å². The molecule has 0 radical (unpaired) electrons. The van der Waals surface area contributed by atoms with Crippen molar-refractivity contribution >= 4 is 50.3 Å². The molecule has 0 fully saturated rings. The Morgan fingerprint density at radius 1 is 1.00 bits per heavy atom. The molecule has 1 aliphatic rings. The first kappa shape index (κ1) is 21.1. The number of sulfone groups is 1. The van der Waals surface area contributed by atoms with Crippen LogP contribution in [0.5, 0.6) is 11.5 Å². The molecule has 0 saturated carbocycles. The Hall–Kier alpha value is -2.74. The van der Waals surface area contributed by atoms with Crippen LogP contribution in [0.15, 0.2) is 65.6 Å². The van der Waals surface area contributed by atoms with Crippen molar-refractivity contribution in [2.45, 2.75) is 5.51 Å². The van der Waals surface area contributed by atoms with E-state index < -0.39 is 41.4 Å². The molecule has 1 aromatic heterocycles.